The molecule has 2 N–H and O–H groups in total. The summed E-state index contributed by atoms with van der Waals surface area (Å²) in [6.45, 7) is 5.15. The van der Waals surface area contributed by atoms with E-state index in [0.29, 0.717) is 0 Å². The quantitative estimate of drug-likeness (QED) is 0.830. The summed E-state index contributed by atoms with van der Waals surface area (Å²) in [5.74, 6) is 0. The molecule has 0 aliphatic carbocycles. The van der Waals surface area contributed by atoms with Crippen LogP contribution < -0.4 is 5.32 Å². The number of ether oxygens (including phenoxy) is 2. The Bertz CT molecular complexity index is 528. The van der Waals surface area contributed by atoms with Gasteiger partial charge in [0.25, 0.3) is 0 Å². The first-order valence-corrected chi connectivity index (χ1v) is 7.74. The molecule has 0 aliphatic heterocycles. The molecule has 0 aromatic heterocycles. The smallest absolute Gasteiger partial charge is 0.410 e. The third-order valence-electron chi connectivity index (χ3n) is 3.13. The largest absolute Gasteiger partial charge is 0.445 e. The van der Waals surface area contributed by atoms with Crippen LogP contribution in [0.5, 0.6) is 0 Å². The number of hydrogen-bond donors (Lipinski definition) is 2. The van der Waals surface area contributed by atoms with Gasteiger partial charge in [-0.2, -0.15) is 0 Å². The zero-order chi connectivity index (χ0) is 18.2. The van der Waals surface area contributed by atoms with Gasteiger partial charge in [0.1, 0.15) is 12.2 Å². The highest BCUT2D eigenvalue weighted by atomic mass is 16.6. The van der Waals surface area contributed by atoms with Crippen molar-refractivity contribution >= 4 is 12.2 Å². The van der Waals surface area contributed by atoms with Crippen molar-refractivity contribution in [3.8, 4) is 0 Å². The Morgan fingerprint density at radius 1 is 1.25 bits per heavy atom. The van der Waals surface area contributed by atoms with Crippen LogP contribution in [0.1, 0.15) is 26.3 Å². The minimum absolute atomic E-state index is 0.0579. The number of hydrogen-bond acceptors (Lipinski definition) is 5. The fraction of sp³-hybridized carbons (Fsp3) is 0.529. The highest BCUT2D eigenvalue weighted by Crippen LogP contribution is 2.07. The summed E-state index contributed by atoms with van der Waals surface area (Å²) >= 11 is 0. The number of carbonyl (C=O) groups excluding carboxylic acids is 2. The molecule has 0 saturated heterocycles. The van der Waals surface area contributed by atoms with E-state index in [0.717, 1.165) is 5.56 Å². The number of nitrogens with zero attached hydrogens (tertiary/aromatic N) is 1. The first-order chi connectivity index (χ1) is 11.2. The first kappa shape index (κ1) is 19.8. The molecule has 24 heavy (non-hydrogen) atoms. The van der Waals surface area contributed by atoms with E-state index >= 15 is 0 Å². The first-order valence-electron chi connectivity index (χ1n) is 7.74. The van der Waals surface area contributed by atoms with Crippen LogP contribution in [0.2, 0.25) is 0 Å². The van der Waals surface area contributed by atoms with Crippen molar-refractivity contribution in [2.24, 2.45) is 0 Å². The summed E-state index contributed by atoms with van der Waals surface area (Å²) in [7, 11) is 1.50. The lowest BCUT2D eigenvalue weighted by atomic mass is 10.2. The van der Waals surface area contributed by atoms with Gasteiger partial charge in [-0.1, -0.05) is 30.3 Å². The Morgan fingerprint density at radius 3 is 2.42 bits per heavy atom. The molecule has 0 heterocycles. The molecule has 0 bridgehead atoms. The molecule has 1 rings (SSSR count). The molecule has 7 nitrogen and oxygen atoms in total. The Balaban J connectivity index is 2.45. The van der Waals surface area contributed by atoms with Crippen molar-refractivity contribution in [2.45, 2.75) is 39.0 Å². The van der Waals surface area contributed by atoms with Crippen molar-refractivity contribution in [3.05, 3.63) is 35.9 Å². The number of alkyl carbamates (subject to hydrolysis) is 1. The number of carbonyl (C=O) groups is 2. The summed E-state index contributed by atoms with van der Waals surface area (Å²) in [5, 5.41) is 12.0. The topological polar surface area (TPSA) is 88.1 Å². The highest BCUT2D eigenvalue weighted by molar-refractivity contribution is 5.69. The monoisotopic (exact) mass is 338 g/mol. The number of aliphatic hydroxyl groups is 1. The molecular formula is C17H26N2O5. The van der Waals surface area contributed by atoms with Crippen LogP contribution in [0.15, 0.2) is 30.3 Å². The van der Waals surface area contributed by atoms with E-state index in [9.17, 15) is 14.7 Å². The lowest BCUT2D eigenvalue weighted by Crippen LogP contribution is -2.47. The summed E-state index contributed by atoms with van der Waals surface area (Å²) < 4.78 is 10.3. The maximum atomic E-state index is 12.0. The van der Waals surface area contributed by atoms with E-state index in [1.54, 1.807) is 20.8 Å². The number of rotatable bonds is 6. The number of amides is 2. The zero-order valence-electron chi connectivity index (χ0n) is 14.6. The van der Waals surface area contributed by atoms with Gasteiger partial charge in [0.15, 0.2) is 0 Å². The van der Waals surface area contributed by atoms with E-state index in [1.807, 2.05) is 30.3 Å². The van der Waals surface area contributed by atoms with Crippen molar-refractivity contribution in [2.75, 3.05) is 20.2 Å². The van der Waals surface area contributed by atoms with Crippen LogP contribution >= 0.6 is 0 Å². The molecule has 0 spiro atoms. The molecule has 0 unspecified atom stereocenters. The van der Waals surface area contributed by atoms with Gasteiger partial charge in [-0.15, -0.1) is 0 Å². The maximum Gasteiger partial charge on any atom is 0.410 e. The van der Waals surface area contributed by atoms with Gasteiger partial charge in [-0.3, -0.25) is 0 Å². The second-order valence-electron chi connectivity index (χ2n) is 6.37. The molecule has 7 heteroatoms. The average molecular weight is 338 g/mol. The summed E-state index contributed by atoms with van der Waals surface area (Å²) in [6, 6.07) is 8.67. The number of likely N-dealkylation sites (N-methyl/N-ethyl adjacent to an activating group) is 1. The summed E-state index contributed by atoms with van der Waals surface area (Å²) in [6.07, 6.45) is -1.18. The van der Waals surface area contributed by atoms with Crippen molar-refractivity contribution in [3.63, 3.8) is 0 Å². The minimum atomic E-state index is -0.612. The number of nitrogens with one attached hydrogen (secondary N) is 1. The van der Waals surface area contributed by atoms with Gasteiger partial charge in [0, 0.05) is 13.6 Å². The fourth-order valence-electron chi connectivity index (χ4n) is 1.81. The van der Waals surface area contributed by atoms with Crippen molar-refractivity contribution < 1.29 is 24.2 Å². The van der Waals surface area contributed by atoms with Crippen LogP contribution in [0.3, 0.4) is 0 Å². The number of aliphatic hydroxyl groups excluding tert-OH is 1. The lowest BCUT2D eigenvalue weighted by molar-refractivity contribution is 0.0473. The third kappa shape index (κ3) is 7.32. The van der Waals surface area contributed by atoms with Gasteiger partial charge in [-0.25, -0.2) is 9.59 Å². The molecular weight excluding hydrogens is 312 g/mol. The van der Waals surface area contributed by atoms with Gasteiger partial charge in [0.2, 0.25) is 0 Å². The lowest BCUT2D eigenvalue weighted by Gasteiger charge is -2.27. The van der Waals surface area contributed by atoms with Crippen LogP contribution in [0.4, 0.5) is 9.59 Å². The fourth-order valence-corrected chi connectivity index (χ4v) is 1.81. The van der Waals surface area contributed by atoms with E-state index in [1.165, 1.54) is 11.9 Å². The second kappa shape index (κ2) is 9.12. The van der Waals surface area contributed by atoms with Crippen LogP contribution in [-0.2, 0) is 16.1 Å². The van der Waals surface area contributed by atoms with Gasteiger partial charge >= 0.3 is 12.2 Å². The van der Waals surface area contributed by atoms with E-state index in [4.69, 9.17) is 9.47 Å². The molecule has 1 aromatic rings. The minimum Gasteiger partial charge on any atom is -0.445 e. The van der Waals surface area contributed by atoms with Crippen molar-refractivity contribution in [1.82, 2.24) is 10.2 Å². The average Bonchev–Trinajstić information content (AvgIpc) is 2.52. The van der Waals surface area contributed by atoms with Crippen LogP contribution in [-0.4, -0.2) is 54.0 Å². The standard InChI is InChI=1S/C17H26N2O5/c1-17(2,3)24-15(21)18-10-14(11-20)19(4)16(22)23-12-13-8-6-5-7-9-13/h5-9,14,20H,10-12H2,1-4H3,(H,18,21)/t14-/m0/s1. The Labute approximate surface area is 142 Å². The highest BCUT2D eigenvalue weighted by Gasteiger charge is 2.23. The van der Waals surface area contributed by atoms with Gasteiger partial charge < -0.3 is 24.8 Å². The Kier molecular flexibility index (Phi) is 7.51. The van der Waals surface area contributed by atoms with Crippen molar-refractivity contribution in [1.29, 1.82) is 0 Å². The van der Waals surface area contributed by atoms with Crippen LogP contribution in [0.25, 0.3) is 0 Å². The molecule has 2 amide bonds. The van der Waals surface area contributed by atoms with E-state index in [-0.39, 0.29) is 19.8 Å². The summed E-state index contributed by atoms with van der Waals surface area (Å²) in [4.78, 5) is 24.9. The maximum absolute atomic E-state index is 12.0. The zero-order valence-corrected chi connectivity index (χ0v) is 14.6. The molecule has 134 valence electrons. The second-order valence-corrected chi connectivity index (χ2v) is 6.37. The number of benzene rings is 1. The Hall–Kier alpha value is -2.28. The molecule has 1 atom stereocenters. The molecule has 0 aliphatic rings. The molecule has 0 fully saturated rings. The van der Waals surface area contributed by atoms with Crippen LogP contribution in [0, 0.1) is 0 Å². The van der Waals surface area contributed by atoms with E-state index < -0.39 is 23.8 Å². The van der Waals surface area contributed by atoms with Gasteiger partial charge in [-0.05, 0) is 26.3 Å². The summed E-state index contributed by atoms with van der Waals surface area (Å²) in [5.41, 5.74) is 0.255. The normalized spacial score (nSPS) is 12.2. The molecule has 0 saturated carbocycles. The molecule has 0 radical (unpaired) electrons. The molecule has 1 aromatic carbocycles. The van der Waals surface area contributed by atoms with Gasteiger partial charge in [0.05, 0.1) is 12.6 Å². The Morgan fingerprint density at radius 2 is 1.88 bits per heavy atom. The SMILES string of the molecule is CN(C(=O)OCc1ccccc1)[C@H](CO)CNC(=O)OC(C)(C)C. The third-order valence-corrected chi connectivity index (χ3v) is 3.13. The predicted molar refractivity (Wildman–Crippen MR) is 89.5 cm³/mol. The predicted octanol–water partition coefficient (Wildman–Crippen LogP) is 2.14. The van der Waals surface area contributed by atoms with E-state index in [2.05, 4.69) is 5.32 Å².